The number of anilines is 2. The predicted molar refractivity (Wildman–Crippen MR) is 118 cm³/mol. The number of carbonyl (C=O) groups excluding carboxylic acids is 2. The summed E-state index contributed by atoms with van der Waals surface area (Å²) in [5, 5.41) is 11.2. The summed E-state index contributed by atoms with van der Waals surface area (Å²) in [4.78, 5) is 26.4. The number of ether oxygens (including phenoxy) is 1. The van der Waals surface area contributed by atoms with Crippen molar-refractivity contribution < 1.29 is 18.7 Å². The minimum absolute atomic E-state index is 0.0279. The molecule has 0 spiro atoms. The quantitative estimate of drug-likeness (QED) is 0.563. The van der Waals surface area contributed by atoms with Gasteiger partial charge in [-0.1, -0.05) is 29.5 Å². The maximum atomic E-state index is 12.4. The van der Waals surface area contributed by atoms with Crippen LogP contribution in [-0.4, -0.2) is 41.4 Å². The number of thioether (sulfide) groups is 1. The highest BCUT2D eigenvalue weighted by Gasteiger charge is 2.35. The molecule has 2 aromatic carbocycles. The van der Waals surface area contributed by atoms with Gasteiger partial charge in [0.05, 0.1) is 18.8 Å². The van der Waals surface area contributed by atoms with Crippen molar-refractivity contribution in [2.75, 3.05) is 29.6 Å². The van der Waals surface area contributed by atoms with Crippen LogP contribution < -0.4 is 15.0 Å². The molecule has 0 radical (unpaired) electrons. The summed E-state index contributed by atoms with van der Waals surface area (Å²) >= 11 is 1.16. The molecule has 1 fully saturated rings. The first-order valence-corrected chi connectivity index (χ1v) is 10.8. The molecule has 9 heteroatoms. The van der Waals surface area contributed by atoms with Gasteiger partial charge in [-0.25, -0.2) is 0 Å². The zero-order chi connectivity index (χ0) is 21.8. The molecule has 2 amide bonds. The number of aromatic nitrogens is 2. The molecule has 4 rings (SSSR count). The van der Waals surface area contributed by atoms with Crippen LogP contribution >= 0.6 is 11.8 Å². The lowest BCUT2D eigenvalue weighted by Crippen LogP contribution is -2.24. The second kappa shape index (κ2) is 9.22. The third kappa shape index (κ3) is 5.05. The first kappa shape index (κ1) is 20.9. The van der Waals surface area contributed by atoms with E-state index in [0.717, 1.165) is 28.8 Å². The minimum Gasteiger partial charge on any atom is -0.497 e. The SMILES string of the molecule is COc1ccc(NC(=O)CSc2nnc([C@@H]3CC(=O)N(c4ccc(C)cc4)C3)o2)cc1. The number of nitrogens with zero attached hydrogens (tertiary/aromatic N) is 3. The number of hydrogen-bond acceptors (Lipinski definition) is 7. The summed E-state index contributed by atoms with van der Waals surface area (Å²) in [6.45, 7) is 2.50. The van der Waals surface area contributed by atoms with Gasteiger partial charge in [0, 0.05) is 24.3 Å². The van der Waals surface area contributed by atoms with E-state index in [9.17, 15) is 9.59 Å². The fourth-order valence-electron chi connectivity index (χ4n) is 3.29. The Morgan fingerprint density at radius 3 is 2.65 bits per heavy atom. The monoisotopic (exact) mass is 438 g/mol. The van der Waals surface area contributed by atoms with Crippen LogP contribution in [0.2, 0.25) is 0 Å². The summed E-state index contributed by atoms with van der Waals surface area (Å²) in [7, 11) is 1.59. The maximum absolute atomic E-state index is 12.4. The number of rotatable bonds is 7. The average molecular weight is 439 g/mol. The molecule has 1 aliphatic heterocycles. The fourth-order valence-corrected chi connectivity index (χ4v) is 3.86. The Balaban J connectivity index is 1.31. The van der Waals surface area contributed by atoms with E-state index < -0.39 is 0 Å². The first-order chi connectivity index (χ1) is 15.0. The van der Waals surface area contributed by atoms with E-state index in [4.69, 9.17) is 9.15 Å². The highest BCUT2D eigenvalue weighted by molar-refractivity contribution is 7.99. The van der Waals surface area contributed by atoms with Crippen LogP contribution in [0.1, 0.15) is 23.8 Å². The van der Waals surface area contributed by atoms with E-state index in [1.165, 1.54) is 0 Å². The normalized spacial score (nSPS) is 15.9. The molecule has 8 nitrogen and oxygen atoms in total. The van der Waals surface area contributed by atoms with Crippen LogP contribution in [0.5, 0.6) is 5.75 Å². The number of aryl methyl sites for hydroxylation is 1. The van der Waals surface area contributed by atoms with Crippen molar-refractivity contribution in [2.24, 2.45) is 0 Å². The van der Waals surface area contributed by atoms with Gasteiger partial charge in [0.25, 0.3) is 5.22 Å². The van der Waals surface area contributed by atoms with E-state index in [-0.39, 0.29) is 23.5 Å². The molecular weight excluding hydrogens is 416 g/mol. The molecule has 0 unspecified atom stereocenters. The predicted octanol–water partition coefficient (Wildman–Crippen LogP) is 3.64. The van der Waals surface area contributed by atoms with Crippen LogP contribution in [0, 0.1) is 6.92 Å². The lowest BCUT2D eigenvalue weighted by molar-refractivity contribution is -0.117. The van der Waals surface area contributed by atoms with Gasteiger partial charge in [0.15, 0.2) is 0 Å². The third-order valence-electron chi connectivity index (χ3n) is 4.94. The maximum Gasteiger partial charge on any atom is 0.277 e. The summed E-state index contributed by atoms with van der Waals surface area (Å²) < 4.78 is 10.8. The van der Waals surface area contributed by atoms with Gasteiger partial charge in [-0.15, -0.1) is 10.2 Å². The first-order valence-electron chi connectivity index (χ1n) is 9.79. The van der Waals surface area contributed by atoms with Gasteiger partial charge in [0.2, 0.25) is 17.7 Å². The van der Waals surface area contributed by atoms with Gasteiger partial charge >= 0.3 is 0 Å². The van der Waals surface area contributed by atoms with E-state index in [2.05, 4.69) is 15.5 Å². The zero-order valence-electron chi connectivity index (χ0n) is 17.2. The summed E-state index contributed by atoms with van der Waals surface area (Å²) in [5.74, 6) is 0.950. The molecule has 0 bridgehead atoms. The number of benzene rings is 2. The highest BCUT2D eigenvalue weighted by Crippen LogP contribution is 2.32. The molecule has 3 aromatic rings. The molecule has 1 N–H and O–H groups in total. The van der Waals surface area contributed by atoms with Crippen LogP contribution in [0.15, 0.2) is 58.2 Å². The lowest BCUT2D eigenvalue weighted by Gasteiger charge is -2.16. The second-order valence-corrected chi connectivity index (χ2v) is 8.14. The van der Waals surface area contributed by atoms with Crippen molar-refractivity contribution in [1.29, 1.82) is 0 Å². The molecule has 31 heavy (non-hydrogen) atoms. The summed E-state index contributed by atoms with van der Waals surface area (Å²) in [6, 6.07) is 14.9. The molecule has 1 saturated heterocycles. The number of hydrogen-bond donors (Lipinski definition) is 1. The Hall–Kier alpha value is -3.33. The molecule has 1 aromatic heterocycles. The second-order valence-electron chi connectivity index (χ2n) is 7.21. The standard InChI is InChI=1S/C22H22N4O4S/c1-14-3-7-17(8-4-14)26-12-15(11-20(26)28)21-24-25-22(30-21)31-13-19(27)23-16-5-9-18(29-2)10-6-16/h3-10,15H,11-13H2,1-2H3,(H,23,27)/t15-/m1/s1. The molecule has 0 saturated carbocycles. The third-order valence-corrected chi connectivity index (χ3v) is 5.76. The summed E-state index contributed by atoms with van der Waals surface area (Å²) in [5.41, 5.74) is 2.68. The van der Waals surface area contributed by atoms with E-state index in [1.54, 1.807) is 36.3 Å². The summed E-state index contributed by atoms with van der Waals surface area (Å²) in [6.07, 6.45) is 0.318. The molecule has 1 atom stereocenters. The van der Waals surface area contributed by atoms with Gasteiger partial charge in [-0.3, -0.25) is 9.59 Å². The van der Waals surface area contributed by atoms with Gasteiger partial charge in [0.1, 0.15) is 5.75 Å². The molecule has 160 valence electrons. The Kier molecular flexibility index (Phi) is 6.22. The van der Waals surface area contributed by atoms with Crippen molar-refractivity contribution >= 4 is 35.0 Å². The van der Waals surface area contributed by atoms with Gasteiger partial charge in [-0.05, 0) is 43.3 Å². The number of amides is 2. The minimum atomic E-state index is -0.184. The van der Waals surface area contributed by atoms with Crippen LogP contribution in [-0.2, 0) is 9.59 Å². The molecule has 1 aliphatic rings. The zero-order valence-corrected chi connectivity index (χ0v) is 18.0. The lowest BCUT2D eigenvalue weighted by atomic mass is 10.1. The Morgan fingerprint density at radius 1 is 1.19 bits per heavy atom. The topological polar surface area (TPSA) is 97.6 Å². The number of carbonyl (C=O) groups is 2. The highest BCUT2D eigenvalue weighted by atomic mass is 32.2. The van der Waals surface area contributed by atoms with Gasteiger partial charge in [-0.2, -0.15) is 0 Å². The van der Waals surface area contributed by atoms with Crippen LogP contribution in [0.25, 0.3) is 0 Å². The van der Waals surface area contributed by atoms with Crippen molar-refractivity contribution in [1.82, 2.24) is 10.2 Å². The number of nitrogens with one attached hydrogen (secondary N) is 1. The van der Waals surface area contributed by atoms with Crippen molar-refractivity contribution in [3.63, 3.8) is 0 Å². The number of methoxy groups -OCH3 is 1. The molecular formula is C22H22N4O4S. The van der Waals surface area contributed by atoms with Crippen LogP contribution in [0.4, 0.5) is 11.4 Å². The van der Waals surface area contributed by atoms with E-state index in [0.29, 0.717) is 29.8 Å². The fraction of sp³-hybridized carbons (Fsp3) is 0.273. The van der Waals surface area contributed by atoms with Crippen LogP contribution in [0.3, 0.4) is 0 Å². The van der Waals surface area contributed by atoms with Crippen molar-refractivity contribution in [3.8, 4) is 5.75 Å². The van der Waals surface area contributed by atoms with Crippen molar-refractivity contribution in [3.05, 3.63) is 60.0 Å². The van der Waals surface area contributed by atoms with E-state index >= 15 is 0 Å². The Morgan fingerprint density at radius 2 is 1.94 bits per heavy atom. The van der Waals surface area contributed by atoms with E-state index in [1.807, 2.05) is 31.2 Å². The Bertz CT molecular complexity index is 1070. The average Bonchev–Trinajstić information content (AvgIpc) is 3.40. The smallest absolute Gasteiger partial charge is 0.277 e. The van der Waals surface area contributed by atoms with Crippen molar-refractivity contribution in [2.45, 2.75) is 24.5 Å². The largest absolute Gasteiger partial charge is 0.497 e. The molecule has 0 aliphatic carbocycles. The molecule has 2 heterocycles. The Labute approximate surface area is 184 Å². The van der Waals surface area contributed by atoms with Gasteiger partial charge < -0.3 is 19.4 Å².